The Hall–Kier alpha value is -2.43. The number of nitrogens with one attached hydrogen (secondary N) is 2. The molecule has 1 amide bonds. The molecule has 0 bridgehead atoms. The topological polar surface area (TPSA) is 41.1 Å². The second-order valence-electron chi connectivity index (χ2n) is 4.38. The van der Waals surface area contributed by atoms with Gasteiger partial charge in [0.25, 0.3) is 0 Å². The molecule has 2 aromatic rings. The van der Waals surface area contributed by atoms with Crippen molar-refractivity contribution >= 4 is 17.3 Å². The van der Waals surface area contributed by atoms with Gasteiger partial charge in [0, 0.05) is 17.4 Å². The highest BCUT2D eigenvalue weighted by Crippen LogP contribution is 2.14. The molecule has 0 aromatic heterocycles. The molecule has 20 heavy (non-hydrogen) atoms. The van der Waals surface area contributed by atoms with E-state index in [-0.39, 0.29) is 11.6 Å². The van der Waals surface area contributed by atoms with Gasteiger partial charge in [-0.25, -0.2) is 8.78 Å². The predicted molar refractivity (Wildman–Crippen MR) is 74.5 cm³/mol. The highest BCUT2D eigenvalue weighted by molar-refractivity contribution is 5.96. The Morgan fingerprint density at radius 3 is 2.20 bits per heavy atom. The van der Waals surface area contributed by atoms with Crippen molar-refractivity contribution in [3.8, 4) is 0 Å². The molecule has 0 aliphatic rings. The summed E-state index contributed by atoms with van der Waals surface area (Å²) < 4.78 is 26.1. The number of para-hydroxylation sites is 1. The normalized spacial score (nSPS) is 11.8. The minimum absolute atomic E-state index is 0.221. The van der Waals surface area contributed by atoms with Gasteiger partial charge in [-0.05, 0) is 31.2 Å². The first-order chi connectivity index (χ1) is 9.54. The van der Waals surface area contributed by atoms with Gasteiger partial charge in [0.2, 0.25) is 5.91 Å². The minimum Gasteiger partial charge on any atom is -0.374 e. The Bertz CT molecular complexity index is 582. The Labute approximate surface area is 115 Å². The number of halogens is 2. The summed E-state index contributed by atoms with van der Waals surface area (Å²) >= 11 is 0. The molecule has 2 rings (SSSR count). The van der Waals surface area contributed by atoms with Crippen LogP contribution in [0.5, 0.6) is 0 Å². The fourth-order valence-corrected chi connectivity index (χ4v) is 1.72. The average molecular weight is 276 g/mol. The number of hydrogen-bond acceptors (Lipinski definition) is 2. The summed E-state index contributed by atoms with van der Waals surface area (Å²) in [7, 11) is 0. The largest absolute Gasteiger partial charge is 0.374 e. The smallest absolute Gasteiger partial charge is 0.246 e. The summed E-state index contributed by atoms with van der Waals surface area (Å²) in [6, 6.07) is 11.4. The first-order valence-electron chi connectivity index (χ1n) is 6.13. The number of rotatable bonds is 4. The number of hydrogen-bond donors (Lipinski definition) is 2. The third kappa shape index (κ3) is 3.78. The molecule has 0 fully saturated rings. The van der Waals surface area contributed by atoms with Crippen molar-refractivity contribution in [2.24, 2.45) is 0 Å². The molecule has 2 aromatic carbocycles. The molecule has 0 aliphatic carbocycles. The van der Waals surface area contributed by atoms with Crippen LogP contribution in [0.25, 0.3) is 0 Å². The molecule has 0 aliphatic heterocycles. The molecule has 0 radical (unpaired) electrons. The molecule has 3 nitrogen and oxygen atoms in total. The van der Waals surface area contributed by atoms with Crippen LogP contribution in [-0.2, 0) is 4.79 Å². The standard InChI is InChI=1S/C15H14F2N2O/c1-10(15(20)19-13-5-3-2-4-6-13)18-14-8-11(16)7-12(17)9-14/h2-10,18H,1H3,(H,19,20). The summed E-state index contributed by atoms with van der Waals surface area (Å²) in [4.78, 5) is 11.9. The molecule has 0 saturated heterocycles. The second kappa shape index (κ2) is 6.14. The second-order valence-corrected chi connectivity index (χ2v) is 4.38. The Morgan fingerprint density at radius 2 is 1.60 bits per heavy atom. The molecular formula is C15H14F2N2O. The lowest BCUT2D eigenvalue weighted by Crippen LogP contribution is -2.31. The number of carbonyl (C=O) groups excluding carboxylic acids is 1. The number of amides is 1. The van der Waals surface area contributed by atoms with Gasteiger partial charge in [-0.3, -0.25) is 4.79 Å². The maximum Gasteiger partial charge on any atom is 0.246 e. The van der Waals surface area contributed by atoms with Gasteiger partial charge < -0.3 is 10.6 Å². The van der Waals surface area contributed by atoms with Crippen molar-refractivity contribution < 1.29 is 13.6 Å². The van der Waals surface area contributed by atoms with Gasteiger partial charge >= 0.3 is 0 Å². The third-order valence-corrected chi connectivity index (χ3v) is 2.68. The Balaban J connectivity index is 2.00. The van der Waals surface area contributed by atoms with E-state index in [9.17, 15) is 13.6 Å². The zero-order valence-electron chi connectivity index (χ0n) is 10.9. The summed E-state index contributed by atoms with van der Waals surface area (Å²) in [5, 5.41) is 5.45. The fraction of sp³-hybridized carbons (Fsp3) is 0.133. The van der Waals surface area contributed by atoms with Gasteiger partial charge in [-0.2, -0.15) is 0 Å². The van der Waals surface area contributed by atoms with E-state index in [1.165, 1.54) is 0 Å². The third-order valence-electron chi connectivity index (χ3n) is 2.68. The molecule has 0 saturated carbocycles. The SMILES string of the molecule is CC(Nc1cc(F)cc(F)c1)C(=O)Nc1ccccc1. The lowest BCUT2D eigenvalue weighted by molar-refractivity contribution is -0.116. The lowest BCUT2D eigenvalue weighted by atomic mass is 10.2. The number of carbonyl (C=O) groups is 1. The quantitative estimate of drug-likeness (QED) is 0.898. The van der Waals surface area contributed by atoms with E-state index >= 15 is 0 Å². The monoisotopic (exact) mass is 276 g/mol. The first kappa shape index (κ1) is 14.0. The van der Waals surface area contributed by atoms with E-state index in [0.717, 1.165) is 18.2 Å². The fourth-order valence-electron chi connectivity index (χ4n) is 1.72. The van der Waals surface area contributed by atoms with Gasteiger partial charge in [0.05, 0.1) is 0 Å². The maximum atomic E-state index is 13.0. The van der Waals surface area contributed by atoms with Crippen molar-refractivity contribution in [1.82, 2.24) is 0 Å². The predicted octanol–water partition coefficient (Wildman–Crippen LogP) is 3.40. The molecule has 1 unspecified atom stereocenters. The minimum atomic E-state index is -0.692. The summed E-state index contributed by atoms with van der Waals surface area (Å²) in [6.07, 6.45) is 0. The van der Waals surface area contributed by atoms with Crippen LogP contribution >= 0.6 is 0 Å². The molecule has 0 heterocycles. The molecule has 5 heteroatoms. The van der Waals surface area contributed by atoms with Crippen molar-refractivity contribution in [3.63, 3.8) is 0 Å². The van der Waals surface area contributed by atoms with Crippen LogP contribution in [0.1, 0.15) is 6.92 Å². The zero-order chi connectivity index (χ0) is 14.5. The molecule has 0 spiro atoms. The van der Waals surface area contributed by atoms with Crippen LogP contribution in [0, 0.1) is 11.6 Å². The van der Waals surface area contributed by atoms with E-state index in [4.69, 9.17) is 0 Å². The highest BCUT2D eigenvalue weighted by atomic mass is 19.1. The average Bonchev–Trinajstić information content (AvgIpc) is 2.38. The van der Waals surface area contributed by atoms with Gasteiger partial charge in [0.15, 0.2) is 0 Å². The number of benzene rings is 2. The van der Waals surface area contributed by atoms with Crippen LogP contribution in [-0.4, -0.2) is 11.9 Å². The van der Waals surface area contributed by atoms with Crippen molar-refractivity contribution in [2.45, 2.75) is 13.0 Å². The summed E-state index contributed by atoms with van der Waals surface area (Å²) in [6.45, 7) is 1.61. The van der Waals surface area contributed by atoms with Crippen LogP contribution in [0.4, 0.5) is 20.2 Å². The Kier molecular flexibility index (Phi) is 4.30. The first-order valence-corrected chi connectivity index (χ1v) is 6.13. The van der Waals surface area contributed by atoms with Crippen LogP contribution in [0.15, 0.2) is 48.5 Å². The van der Waals surface area contributed by atoms with E-state index in [2.05, 4.69) is 10.6 Å². The molecule has 104 valence electrons. The van der Waals surface area contributed by atoms with E-state index in [1.54, 1.807) is 31.2 Å². The maximum absolute atomic E-state index is 13.0. The highest BCUT2D eigenvalue weighted by Gasteiger charge is 2.13. The van der Waals surface area contributed by atoms with E-state index in [0.29, 0.717) is 5.69 Å². The van der Waals surface area contributed by atoms with Crippen molar-refractivity contribution in [2.75, 3.05) is 10.6 Å². The van der Waals surface area contributed by atoms with Gasteiger partial charge in [-0.1, -0.05) is 18.2 Å². The Morgan fingerprint density at radius 1 is 1.00 bits per heavy atom. The summed E-state index contributed by atoms with van der Waals surface area (Å²) in [5.74, 6) is -1.67. The van der Waals surface area contributed by atoms with Crippen LogP contribution in [0.3, 0.4) is 0 Å². The van der Waals surface area contributed by atoms with Gasteiger partial charge in [-0.15, -0.1) is 0 Å². The summed E-state index contributed by atoms with van der Waals surface area (Å²) in [5.41, 5.74) is 0.884. The van der Waals surface area contributed by atoms with Crippen molar-refractivity contribution in [3.05, 3.63) is 60.2 Å². The van der Waals surface area contributed by atoms with E-state index in [1.807, 2.05) is 6.07 Å². The zero-order valence-corrected chi connectivity index (χ0v) is 10.9. The van der Waals surface area contributed by atoms with Crippen molar-refractivity contribution in [1.29, 1.82) is 0 Å². The van der Waals surface area contributed by atoms with Gasteiger partial charge in [0.1, 0.15) is 17.7 Å². The van der Waals surface area contributed by atoms with E-state index < -0.39 is 17.7 Å². The molecule has 2 N–H and O–H groups in total. The molecular weight excluding hydrogens is 262 g/mol. The van der Waals surface area contributed by atoms with Crippen LogP contribution in [0.2, 0.25) is 0 Å². The lowest BCUT2D eigenvalue weighted by Gasteiger charge is -2.15. The number of anilines is 2. The molecule has 1 atom stereocenters. The van der Waals surface area contributed by atoms with Crippen LogP contribution < -0.4 is 10.6 Å².